The van der Waals surface area contributed by atoms with Crippen LogP contribution in [0.25, 0.3) is 21.9 Å². The van der Waals surface area contributed by atoms with E-state index in [4.69, 9.17) is 0 Å². The summed E-state index contributed by atoms with van der Waals surface area (Å²) in [6, 6.07) is 15.8. The molecule has 0 saturated carbocycles. The van der Waals surface area contributed by atoms with Crippen LogP contribution in [0.4, 0.5) is 13.2 Å². The first-order valence-electron chi connectivity index (χ1n) is 6.65. The number of hydrogen-bond donors (Lipinski definition) is 0. The average molecular weight is 300 g/mol. The predicted molar refractivity (Wildman–Crippen MR) is 79.8 cm³/mol. The summed E-state index contributed by atoms with van der Waals surface area (Å²) in [4.78, 5) is 11.1. The Balaban J connectivity index is 2.17. The van der Waals surface area contributed by atoms with Gasteiger partial charge in [0.25, 0.3) is 0 Å². The van der Waals surface area contributed by atoms with Crippen LogP contribution in [0.2, 0.25) is 0 Å². The van der Waals surface area contributed by atoms with E-state index < -0.39 is 11.7 Å². The summed E-state index contributed by atoms with van der Waals surface area (Å²) in [5.41, 5.74) is 1.37. The summed E-state index contributed by atoms with van der Waals surface area (Å²) in [6.07, 6.45) is -3.57. The third-order valence-corrected chi connectivity index (χ3v) is 3.61. The highest BCUT2D eigenvalue weighted by atomic mass is 19.4. The molecule has 0 saturated heterocycles. The van der Waals surface area contributed by atoms with E-state index in [-0.39, 0.29) is 0 Å². The molecule has 3 aromatic rings. The minimum Gasteiger partial charge on any atom is -0.298 e. The van der Waals surface area contributed by atoms with Crippen molar-refractivity contribution in [3.8, 4) is 11.1 Å². The number of hydrogen-bond acceptors (Lipinski definition) is 1. The highest BCUT2D eigenvalue weighted by Crippen LogP contribution is 2.34. The predicted octanol–water partition coefficient (Wildman–Crippen LogP) is 5.34. The van der Waals surface area contributed by atoms with Gasteiger partial charge in [-0.3, -0.25) is 4.79 Å². The smallest absolute Gasteiger partial charge is 0.298 e. The summed E-state index contributed by atoms with van der Waals surface area (Å²) >= 11 is 0. The van der Waals surface area contributed by atoms with E-state index in [9.17, 15) is 18.0 Å². The molecular formula is C18H11F3O. The second-order valence-electron chi connectivity index (χ2n) is 4.94. The van der Waals surface area contributed by atoms with Crippen LogP contribution in [0.3, 0.4) is 0 Å². The molecule has 0 aliphatic heterocycles. The van der Waals surface area contributed by atoms with Crippen molar-refractivity contribution >= 4 is 17.1 Å². The topological polar surface area (TPSA) is 17.1 Å². The van der Waals surface area contributed by atoms with Crippen LogP contribution >= 0.6 is 0 Å². The number of benzene rings is 3. The zero-order valence-electron chi connectivity index (χ0n) is 11.4. The molecule has 0 N–H and O–H groups in total. The maximum Gasteiger partial charge on any atom is 0.416 e. The zero-order valence-corrected chi connectivity index (χ0v) is 11.4. The maximum absolute atomic E-state index is 12.6. The van der Waals surface area contributed by atoms with Crippen molar-refractivity contribution in [3.63, 3.8) is 0 Å². The Morgan fingerprint density at radius 1 is 0.773 bits per heavy atom. The molecule has 0 aliphatic rings. The lowest BCUT2D eigenvalue weighted by molar-refractivity contribution is -0.137. The summed E-state index contributed by atoms with van der Waals surface area (Å²) < 4.78 is 37.9. The van der Waals surface area contributed by atoms with Crippen molar-refractivity contribution < 1.29 is 18.0 Å². The largest absolute Gasteiger partial charge is 0.416 e. The molecule has 0 fully saturated rings. The fourth-order valence-electron chi connectivity index (χ4n) is 2.52. The Morgan fingerprint density at radius 2 is 1.41 bits per heavy atom. The molecule has 0 amide bonds. The standard InChI is InChI=1S/C18H11F3O/c19-18(20,21)14-8-5-12(6-9-14)16-10-7-13(11-22)15-3-1-2-4-17(15)16/h1-11H. The summed E-state index contributed by atoms with van der Waals surface area (Å²) in [6.45, 7) is 0. The monoisotopic (exact) mass is 300 g/mol. The van der Waals surface area contributed by atoms with Crippen molar-refractivity contribution in [2.24, 2.45) is 0 Å². The van der Waals surface area contributed by atoms with Crippen molar-refractivity contribution in [1.29, 1.82) is 0 Å². The highest BCUT2D eigenvalue weighted by molar-refractivity contribution is 6.05. The average Bonchev–Trinajstić information content (AvgIpc) is 2.53. The van der Waals surface area contributed by atoms with Gasteiger partial charge in [-0.05, 0) is 34.0 Å². The Hall–Kier alpha value is -2.62. The van der Waals surface area contributed by atoms with Crippen LogP contribution in [-0.2, 0) is 6.18 Å². The van der Waals surface area contributed by atoms with Gasteiger partial charge in [-0.15, -0.1) is 0 Å². The summed E-state index contributed by atoms with van der Waals surface area (Å²) in [7, 11) is 0. The highest BCUT2D eigenvalue weighted by Gasteiger charge is 2.30. The molecule has 0 spiro atoms. The lowest BCUT2D eigenvalue weighted by Gasteiger charge is -2.11. The summed E-state index contributed by atoms with van der Waals surface area (Å²) in [5, 5.41) is 1.63. The van der Waals surface area contributed by atoms with Crippen LogP contribution in [0, 0.1) is 0 Å². The van der Waals surface area contributed by atoms with E-state index in [2.05, 4.69) is 0 Å². The summed E-state index contributed by atoms with van der Waals surface area (Å²) in [5.74, 6) is 0. The van der Waals surface area contributed by atoms with Crippen molar-refractivity contribution in [3.05, 3.63) is 71.8 Å². The number of rotatable bonds is 2. The van der Waals surface area contributed by atoms with Gasteiger partial charge in [0.15, 0.2) is 6.29 Å². The van der Waals surface area contributed by atoms with E-state index in [1.165, 1.54) is 12.1 Å². The minimum atomic E-state index is -4.35. The van der Waals surface area contributed by atoms with E-state index in [0.717, 1.165) is 34.8 Å². The van der Waals surface area contributed by atoms with Gasteiger partial charge in [-0.25, -0.2) is 0 Å². The molecule has 4 heteroatoms. The van der Waals surface area contributed by atoms with Crippen LogP contribution < -0.4 is 0 Å². The van der Waals surface area contributed by atoms with Gasteiger partial charge < -0.3 is 0 Å². The molecule has 3 aromatic carbocycles. The van der Waals surface area contributed by atoms with E-state index >= 15 is 0 Å². The number of alkyl halides is 3. The normalized spacial score (nSPS) is 11.6. The van der Waals surface area contributed by atoms with Crippen LogP contribution in [0.15, 0.2) is 60.7 Å². The van der Waals surface area contributed by atoms with E-state index in [0.29, 0.717) is 11.1 Å². The van der Waals surface area contributed by atoms with Gasteiger partial charge >= 0.3 is 6.18 Å². The number of aldehydes is 1. The second-order valence-corrected chi connectivity index (χ2v) is 4.94. The molecule has 1 nitrogen and oxygen atoms in total. The molecule has 110 valence electrons. The Bertz CT molecular complexity index is 833. The fourth-order valence-corrected chi connectivity index (χ4v) is 2.52. The van der Waals surface area contributed by atoms with E-state index in [1.54, 1.807) is 12.1 Å². The van der Waals surface area contributed by atoms with Gasteiger partial charge in [0, 0.05) is 5.56 Å². The zero-order chi connectivity index (χ0) is 15.7. The SMILES string of the molecule is O=Cc1ccc(-c2ccc(C(F)(F)F)cc2)c2ccccc12. The van der Waals surface area contributed by atoms with Crippen molar-refractivity contribution in [2.45, 2.75) is 6.18 Å². The molecule has 0 heterocycles. The Morgan fingerprint density at radius 3 is 2.00 bits per heavy atom. The first-order valence-corrected chi connectivity index (χ1v) is 6.65. The molecule has 0 bridgehead atoms. The second kappa shape index (κ2) is 5.30. The van der Waals surface area contributed by atoms with Gasteiger partial charge in [0.1, 0.15) is 0 Å². The van der Waals surface area contributed by atoms with Gasteiger partial charge in [-0.1, -0.05) is 48.5 Å². The lowest BCUT2D eigenvalue weighted by atomic mass is 9.95. The number of fused-ring (bicyclic) bond motifs is 1. The molecular weight excluding hydrogens is 289 g/mol. The molecule has 0 atom stereocenters. The quantitative estimate of drug-likeness (QED) is 0.584. The number of carbonyl (C=O) groups is 1. The molecule has 3 rings (SSSR count). The minimum absolute atomic E-state index is 0.561. The van der Waals surface area contributed by atoms with Crippen LogP contribution in [-0.4, -0.2) is 6.29 Å². The van der Waals surface area contributed by atoms with Crippen LogP contribution in [0.5, 0.6) is 0 Å². The van der Waals surface area contributed by atoms with Crippen molar-refractivity contribution in [2.75, 3.05) is 0 Å². The van der Waals surface area contributed by atoms with Gasteiger partial charge in [0.2, 0.25) is 0 Å². The number of carbonyl (C=O) groups excluding carboxylic acids is 1. The molecule has 22 heavy (non-hydrogen) atoms. The first kappa shape index (κ1) is 14.3. The molecule has 0 radical (unpaired) electrons. The van der Waals surface area contributed by atoms with Gasteiger partial charge in [-0.2, -0.15) is 13.2 Å². The first-order chi connectivity index (χ1) is 10.5. The molecule has 0 aliphatic carbocycles. The van der Waals surface area contributed by atoms with Crippen molar-refractivity contribution in [1.82, 2.24) is 0 Å². The van der Waals surface area contributed by atoms with E-state index in [1.807, 2.05) is 24.3 Å². The third-order valence-electron chi connectivity index (χ3n) is 3.61. The number of halogens is 3. The fraction of sp³-hybridized carbons (Fsp3) is 0.0556. The molecule has 0 unspecified atom stereocenters. The van der Waals surface area contributed by atoms with Gasteiger partial charge in [0.05, 0.1) is 5.56 Å². The third kappa shape index (κ3) is 2.48. The molecule has 0 aromatic heterocycles. The Kier molecular flexibility index (Phi) is 3.45. The van der Waals surface area contributed by atoms with Crippen LogP contribution in [0.1, 0.15) is 15.9 Å². The lowest BCUT2D eigenvalue weighted by Crippen LogP contribution is -2.04. The maximum atomic E-state index is 12.6. The Labute approximate surface area is 125 Å².